The van der Waals surface area contributed by atoms with Gasteiger partial charge in [0.25, 0.3) is 0 Å². The molecule has 0 bridgehead atoms. The highest BCUT2D eigenvalue weighted by Crippen LogP contribution is 2.32. The molecule has 0 aliphatic heterocycles. The molecule has 1 aromatic carbocycles. The van der Waals surface area contributed by atoms with E-state index in [1.165, 1.54) is 12.8 Å². The first kappa shape index (κ1) is 12.3. The van der Waals surface area contributed by atoms with Crippen molar-refractivity contribution in [3.63, 3.8) is 0 Å². The average molecular weight is 252 g/mol. The Kier molecular flexibility index (Phi) is 3.94. The van der Waals surface area contributed by atoms with Gasteiger partial charge in [0.2, 0.25) is 0 Å². The van der Waals surface area contributed by atoms with E-state index in [-0.39, 0.29) is 11.7 Å². The lowest BCUT2D eigenvalue weighted by Crippen LogP contribution is -2.12. The summed E-state index contributed by atoms with van der Waals surface area (Å²) in [4.78, 5) is 11.9. The van der Waals surface area contributed by atoms with Crippen molar-refractivity contribution in [2.75, 3.05) is 6.26 Å². The van der Waals surface area contributed by atoms with Crippen LogP contribution in [-0.2, 0) is 0 Å². The Morgan fingerprint density at radius 3 is 2.71 bits per heavy atom. The lowest BCUT2D eigenvalue weighted by Gasteiger charge is -2.16. The van der Waals surface area contributed by atoms with Gasteiger partial charge in [0, 0.05) is 4.90 Å². The highest BCUT2D eigenvalue weighted by Gasteiger charge is 2.18. The summed E-state index contributed by atoms with van der Waals surface area (Å²) in [5.74, 6) is -0.196. The second-order valence-electron chi connectivity index (χ2n) is 4.20. The van der Waals surface area contributed by atoms with E-state index in [9.17, 15) is 4.79 Å². The van der Waals surface area contributed by atoms with Crippen molar-refractivity contribution in [3.8, 4) is 5.75 Å². The number of rotatable bonds is 4. The molecule has 4 heteroatoms. The Bertz CT molecular complexity index is 411. The molecule has 0 amide bonds. The maximum Gasteiger partial charge on any atom is 0.335 e. The number of thioether (sulfide) groups is 1. The van der Waals surface area contributed by atoms with Crippen molar-refractivity contribution in [3.05, 3.63) is 23.8 Å². The second-order valence-corrected chi connectivity index (χ2v) is 5.04. The molecule has 1 aliphatic rings. The zero-order valence-electron chi connectivity index (χ0n) is 9.81. The zero-order valence-corrected chi connectivity index (χ0v) is 10.6. The number of hydrogen-bond donors (Lipinski definition) is 1. The molecule has 0 unspecified atom stereocenters. The standard InChI is InChI=1S/C13H16O3S/c1-17-12-7-6-9(13(14)15)8-11(12)16-10-4-2-3-5-10/h6-8,10H,2-5H2,1H3,(H,14,15). The molecule has 2 rings (SSSR count). The second kappa shape index (κ2) is 5.45. The Balaban J connectivity index is 2.21. The van der Waals surface area contributed by atoms with Gasteiger partial charge in [-0.25, -0.2) is 4.79 Å². The Morgan fingerprint density at radius 1 is 1.41 bits per heavy atom. The normalized spacial score (nSPS) is 16.1. The molecule has 0 atom stereocenters. The zero-order chi connectivity index (χ0) is 12.3. The van der Waals surface area contributed by atoms with Crippen LogP contribution in [0.3, 0.4) is 0 Å². The number of carboxylic acids is 1. The summed E-state index contributed by atoms with van der Waals surface area (Å²) in [5.41, 5.74) is 0.288. The first-order chi connectivity index (χ1) is 8.20. The minimum absolute atomic E-state index is 0.255. The SMILES string of the molecule is CSc1ccc(C(=O)O)cc1OC1CCCC1. The minimum atomic E-state index is -0.908. The van der Waals surface area contributed by atoms with Gasteiger partial charge in [-0.2, -0.15) is 0 Å². The van der Waals surface area contributed by atoms with Gasteiger partial charge >= 0.3 is 5.97 Å². The van der Waals surface area contributed by atoms with Crippen LogP contribution in [0.15, 0.2) is 23.1 Å². The molecule has 3 nitrogen and oxygen atoms in total. The fraction of sp³-hybridized carbons (Fsp3) is 0.462. The molecule has 0 saturated heterocycles. The molecule has 1 fully saturated rings. The predicted molar refractivity (Wildman–Crippen MR) is 68.1 cm³/mol. The quantitative estimate of drug-likeness (QED) is 0.834. The summed E-state index contributed by atoms with van der Waals surface area (Å²) in [6, 6.07) is 5.07. The fourth-order valence-corrected chi connectivity index (χ4v) is 2.60. The van der Waals surface area contributed by atoms with E-state index in [2.05, 4.69) is 0 Å². The van der Waals surface area contributed by atoms with Crippen LogP contribution < -0.4 is 4.74 Å². The third-order valence-electron chi connectivity index (χ3n) is 3.01. The van der Waals surface area contributed by atoms with Crippen LogP contribution in [-0.4, -0.2) is 23.4 Å². The van der Waals surface area contributed by atoms with Crippen LogP contribution in [0, 0.1) is 0 Å². The maximum atomic E-state index is 10.9. The molecule has 0 spiro atoms. The maximum absolute atomic E-state index is 10.9. The van der Waals surface area contributed by atoms with E-state index in [1.54, 1.807) is 23.9 Å². The number of hydrogen-bond acceptors (Lipinski definition) is 3. The molecular formula is C13H16O3S. The van der Waals surface area contributed by atoms with Crippen LogP contribution in [0.25, 0.3) is 0 Å². The van der Waals surface area contributed by atoms with Crippen LogP contribution in [0.5, 0.6) is 5.75 Å². The van der Waals surface area contributed by atoms with E-state index in [0.717, 1.165) is 17.7 Å². The minimum Gasteiger partial charge on any atom is -0.489 e. The van der Waals surface area contributed by atoms with Gasteiger partial charge in [0.05, 0.1) is 11.7 Å². The van der Waals surface area contributed by atoms with Crippen molar-refractivity contribution in [1.82, 2.24) is 0 Å². The predicted octanol–water partition coefficient (Wildman–Crippen LogP) is 3.43. The van der Waals surface area contributed by atoms with Gasteiger partial charge in [-0.3, -0.25) is 0 Å². The number of carboxylic acid groups (broad SMARTS) is 1. The number of aromatic carboxylic acids is 1. The van der Waals surface area contributed by atoms with Crippen LogP contribution in [0.4, 0.5) is 0 Å². The van der Waals surface area contributed by atoms with E-state index < -0.39 is 5.97 Å². The van der Waals surface area contributed by atoms with Gasteiger partial charge in [-0.1, -0.05) is 0 Å². The Hall–Kier alpha value is -1.16. The molecule has 0 aromatic heterocycles. The third kappa shape index (κ3) is 2.94. The number of carbonyl (C=O) groups is 1. The van der Waals surface area contributed by atoms with Gasteiger partial charge < -0.3 is 9.84 Å². The monoisotopic (exact) mass is 252 g/mol. The molecule has 1 aliphatic carbocycles. The van der Waals surface area contributed by atoms with Crippen molar-refractivity contribution in [2.45, 2.75) is 36.7 Å². The van der Waals surface area contributed by atoms with Crippen LogP contribution in [0.2, 0.25) is 0 Å². The summed E-state index contributed by atoms with van der Waals surface area (Å²) < 4.78 is 5.90. The van der Waals surface area contributed by atoms with E-state index in [0.29, 0.717) is 5.75 Å². The highest BCUT2D eigenvalue weighted by atomic mass is 32.2. The first-order valence-electron chi connectivity index (χ1n) is 5.78. The summed E-state index contributed by atoms with van der Waals surface area (Å²) in [6.07, 6.45) is 6.79. The topological polar surface area (TPSA) is 46.5 Å². The molecule has 17 heavy (non-hydrogen) atoms. The molecule has 1 saturated carbocycles. The summed E-state index contributed by atoms with van der Waals surface area (Å²) in [7, 11) is 0. The highest BCUT2D eigenvalue weighted by molar-refractivity contribution is 7.98. The van der Waals surface area contributed by atoms with Crippen molar-refractivity contribution in [2.24, 2.45) is 0 Å². The molecular weight excluding hydrogens is 236 g/mol. The summed E-state index contributed by atoms with van der Waals surface area (Å²) in [5, 5.41) is 8.97. The van der Waals surface area contributed by atoms with Gasteiger partial charge in [0.15, 0.2) is 0 Å². The van der Waals surface area contributed by atoms with Crippen molar-refractivity contribution in [1.29, 1.82) is 0 Å². The molecule has 0 radical (unpaired) electrons. The third-order valence-corrected chi connectivity index (χ3v) is 3.78. The summed E-state index contributed by atoms with van der Waals surface area (Å²) in [6.45, 7) is 0. The Labute approximate surface area is 105 Å². The number of benzene rings is 1. The van der Waals surface area contributed by atoms with E-state index >= 15 is 0 Å². The van der Waals surface area contributed by atoms with Crippen molar-refractivity contribution < 1.29 is 14.6 Å². The van der Waals surface area contributed by atoms with Gasteiger partial charge in [0.1, 0.15) is 5.75 Å². The Morgan fingerprint density at radius 2 is 2.12 bits per heavy atom. The largest absolute Gasteiger partial charge is 0.489 e. The van der Waals surface area contributed by atoms with E-state index in [1.807, 2.05) is 12.3 Å². The van der Waals surface area contributed by atoms with Gasteiger partial charge in [-0.05, 0) is 50.1 Å². The molecule has 0 heterocycles. The lowest BCUT2D eigenvalue weighted by atomic mass is 10.2. The molecule has 1 aromatic rings. The van der Waals surface area contributed by atoms with Crippen molar-refractivity contribution >= 4 is 17.7 Å². The summed E-state index contributed by atoms with van der Waals surface area (Å²) >= 11 is 1.58. The van der Waals surface area contributed by atoms with Crippen LogP contribution >= 0.6 is 11.8 Å². The first-order valence-corrected chi connectivity index (χ1v) is 7.01. The lowest BCUT2D eigenvalue weighted by molar-refractivity contribution is 0.0695. The molecule has 1 N–H and O–H groups in total. The fourth-order valence-electron chi connectivity index (χ4n) is 2.09. The van der Waals surface area contributed by atoms with E-state index in [4.69, 9.17) is 9.84 Å². The molecule has 92 valence electrons. The van der Waals surface area contributed by atoms with Crippen LogP contribution in [0.1, 0.15) is 36.0 Å². The van der Waals surface area contributed by atoms with Gasteiger partial charge in [-0.15, -0.1) is 11.8 Å². The number of ether oxygens (including phenoxy) is 1. The average Bonchev–Trinajstić information content (AvgIpc) is 2.81. The smallest absolute Gasteiger partial charge is 0.335 e.